The molecule has 1 unspecified atom stereocenters. The van der Waals surface area contributed by atoms with Crippen molar-refractivity contribution in [2.75, 3.05) is 24.7 Å². The molecule has 0 fully saturated rings. The smallest absolute Gasteiger partial charge is 0.442 e. The van der Waals surface area contributed by atoms with Crippen molar-refractivity contribution in [3.63, 3.8) is 0 Å². The molecule has 3 N–H and O–H groups in total. The number of carbonyl (C=O) groups excluding carboxylic acids is 1. The Labute approximate surface area is 225 Å². The highest BCUT2D eigenvalue weighted by atomic mass is 32.2. The fraction of sp³-hybridized carbons (Fsp3) is 0.346. The Morgan fingerprint density at radius 2 is 1.87 bits per heavy atom. The molecule has 0 saturated carbocycles. The first-order chi connectivity index (χ1) is 18.2. The van der Waals surface area contributed by atoms with Gasteiger partial charge in [-0.05, 0) is 63.6 Å². The van der Waals surface area contributed by atoms with Crippen LogP contribution >= 0.6 is 0 Å². The number of nitrogens with one attached hydrogen (secondary N) is 1. The van der Waals surface area contributed by atoms with Crippen molar-refractivity contribution >= 4 is 27.5 Å². The molecular formula is C26H30F3N5O4S. The Hall–Kier alpha value is -3.71. The zero-order valence-corrected chi connectivity index (χ0v) is 22.8. The number of ether oxygens (including phenoxy) is 2. The third-order valence-electron chi connectivity index (χ3n) is 4.87. The van der Waals surface area contributed by atoms with Crippen molar-refractivity contribution in [2.45, 2.75) is 38.5 Å². The molecule has 1 atom stereocenters. The fourth-order valence-corrected chi connectivity index (χ4v) is 4.58. The van der Waals surface area contributed by atoms with Gasteiger partial charge in [-0.3, -0.25) is 0 Å². The molecule has 210 valence electrons. The number of aromatic nitrogens is 2. The fourth-order valence-electron chi connectivity index (χ4n) is 3.38. The summed E-state index contributed by atoms with van der Waals surface area (Å²) in [6.45, 7) is 5.74. The van der Waals surface area contributed by atoms with Crippen LogP contribution in [0.3, 0.4) is 0 Å². The van der Waals surface area contributed by atoms with Gasteiger partial charge in [0, 0.05) is 29.6 Å². The predicted octanol–water partition coefficient (Wildman–Crippen LogP) is 5.57. The maximum Gasteiger partial charge on any atom is 0.442 e. The van der Waals surface area contributed by atoms with Gasteiger partial charge in [-0.1, -0.05) is 0 Å². The van der Waals surface area contributed by atoms with E-state index in [9.17, 15) is 22.2 Å². The minimum absolute atomic E-state index is 0.0872. The van der Waals surface area contributed by atoms with Gasteiger partial charge in [-0.2, -0.15) is 0 Å². The molecule has 0 aliphatic heterocycles. The van der Waals surface area contributed by atoms with Crippen molar-refractivity contribution < 1.29 is 31.6 Å². The minimum atomic E-state index is -3.05. The van der Waals surface area contributed by atoms with Crippen LogP contribution in [0.2, 0.25) is 0 Å². The normalized spacial score (nSPS) is 12.9. The molecule has 39 heavy (non-hydrogen) atoms. The zero-order chi connectivity index (χ0) is 28.8. The van der Waals surface area contributed by atoms with Gasteiger partial charge in [-0.15, -0.1) is 4.36 Å². The molecule has 1 heterocycles. The number of hydrogen-bond acceptors (Lipinski definition) is 8. The number of halogens is 3. The summed E-state index contributed by atoms with van der Waals surface area (Å²) in [4.78, 5) is 20.1. The lowest BCUT2D eigenvalue weighted by atomic mass is 10.1. The number of anilines is 2. The van der Waals surface area contributed by atoms with Crippen LogP contribution < -0.4 is 15.8 Å². The molecule has 0 bridgehead atoms. The first kappa shape index (κ1) is 29.8. The summed E-state index contributed by atoms with van der Waals surface area (Å²) in [7, 11) is -3.05. The summed E-state index contributed by atoms with van der Waals surface area (Å²) in [5.74, 6) is -2.51. The second-order valence-corrected chi connectivity index (χ2v) is 12.1. The number of amides is 1. The molecule has 13 heteroatoms. The molecule has 3 aromatic rings. The number of hydrogen-bond donors (Lipinski definition) is 2. The first-order valence-corrected chi connectivity index (χ1v) is 14.0. The lowest BCUT2D eigenvalue weighted by molar-refractivity contribution is 0.0607. The SMILES string of the molecule is CC(C)(C)OC(=O)N=S(C)(=O)Cc1cc(Nc2ncc(F)c(-c3ccc(F)cc3F)n2)cc(OCCCN)c1. The van der Waals surface area contributed by atoms with Gasteiger partial charge in [-0.25, -0.2) is 32.1 Å². The Morgan fingerprint density at radius 3 is 2.54 bits per heavy atom. The number of carbonyl (C=O) groups is 1. The zero-order valence-electron chi connectivity index (χ0n) is 22.0. The van der Waals surface area contributed by atoms with E-state index in [1.807, 2.05) is 0 Å². The molecule has 0 saturated heterocycles. The monoisotopic (exact) mass is 565 g/mol. The third-order valence-corrected chi connectivity index (χ3v) is 6.27. The molecule has 0 aliphatic rings. The molecule has 0 radical (unpaired) electrons. The van der Waals surface area contributed by atoms with Gasteiger partial charge in [0.15, 0.2) is 5.82 Å². The topological polar surface area (TPSA) is 129 Å². The lowest BCUT2D eigenvalue weighted by Gasteiger charge is -2.17. The largest absolute Gasteiger partial charge is 0.493 e. The number of benzene rings is 2. The molecule has 0 aliphatic carbocycles. The van der Waals surface area contributed by atoms with Crippen LogP contribution in [0.25, 0.3) is 11.3 Å². The third kappa shape index (κ3) is 9.21. The van der Waals surface area contributed by atoms with E-state index >= 15 is 0 Å². The van der Waals surface area contributed by atoms with Gasteiger partial charge in [0.1, 0.15) is 28.7 Å². The summed E-state index contributed by atoms with van der Waals surface area (Å²) in [6, 6.07) is 7.55. The van der Waals surface area contributed by atoms with Crippen LogP contribution in [0.4, 0.5) is 29.6 Å². The maximum absolute atomic E-state index is 14.4. The van der Waals surface area contributed by atoms with E-state index < -0.39 is 38.9 Å². The quantitative estimate of drug-likeness (QED) is 0.323. The molecule has 2 aromatic carbocycles. The Balaban J connectivity index is 1.94. The highest BCUT2D eigenvalue weighted by molar-refractivity contribution is 7.92. The van der Waals surface area contributed by atoms with E-state index in [0.29, 0.717) is 42.6 Å². The van der Waals surface area contributed by atoms with Gasteiger partial charge < -0.3 is 20.5 Å². The van der Waals surface area contributed by atoms with E-state index in [0.717, 1.165) is 18.3 Å². The average Bonchev–Trinajstić information content (AvgIpc) is 2.78. The Bertz CT molecular complexity index is 1470. The maximum atomic E-state index is 14.4. The van der Waals surface area contributed by atoms with Crippen molar-refractivity contribution in [1.29, 1.82) is 0 Å². The van der Waals surface area contributed by atoms with Gasteiger partial charge in [0.05, 0.1) is 28.3 Å². The van der Waals surface area contributed by atoms with E-state index in [-0.39, 0.29) is 23.0 Å². The molecule has 3 rings (SSSR count). The van der Waals surface area contributed by atoms with Crippen molar-refractivity contribution in [1.82, 2.24) is 9.97 Å². The predicted molar refractivity (Wildman–Crippen MR) is 143 cm³/mol. The van der Waals surface area contributed by atoms with Crippen molar-refractivity contribution in [2.24, 2.45) is 10.1 Å². The average molecular weight is 566 g/mol. The van der Waals surface area contributed by atoms with E-state index in [1.165, 1.54) is 6.26 Å². The minimum Gasteiger partial charge on any atom is -0.493 e. The van der Waals surface area contributed by atoms with Crippen LogP contribution in [0.15, 0.2) is 47.0 Å². The second kappa shape index (κ2) is 12.4. The number of nitrogens with two attached hydrogens (primary N) is 1. The number of rotatable bonds is 9. The summed E-state index contributed by atoms with van der Waals surface area (Å²) >= 11 is 0. The summed E-state index contributed by atoms with van der Waals surface area (Å²) in [5.41, 5.74) is 5.00. The van der Waals surface area contributed by atoms with Crippen molar-refractivity contribution in [3.05, 3.63) is 65.6 Å². The number of nitrogens with zero attached hydrogens (tertiary/aromatic N) is 3. The Morgan fingerprint density at radius 1 is 1.13 bits per heavy atom. The summed E-state index contributed by atoms with van der Waals surface area (Å²) in [6.07, 6.45) is 1.83. The van der Waals surface area contributed by atoms with Gasteiger partial charge >= 0.3 is 6.09 Å². The van der Waals surface area contributed by atoms with E-state index in [2.05, 4.69) is 19.6 Å². The summed E-state index contributed by atoms with van der Waals surface area (Å²) in [5, 5.41) is 2.90. The second-order valence-electron chi connectivity index (χ2n) is 9.67. The molecule has 9 nitrogen and oxygen atoms in total. The van der Waals surface area contributed by atoms with Crippen LogP contribution in [-0.4, -0.2) is 45.3 Å². The lowest BCUT2D eigenvalue weighted by Crippen LogP contribution is -2.22. The standard InChI is InChI=1S/C26H30F3N5O4S/c1-26(2,3)38-25(35)34-39(4,36)15-16-10-18(13-19(11-16)37-9-5-8-30)32-24-31-14-22(29)23(33-24)20-7-6-17(27)12-21(20)28/h6-7,10-14H,5,8-9,15,30H2,1-4H3,(H,31,32,33). The van der Waals surface area contributed by atoms with Crippen LogP contribution in [-0.2, 0) is 20.2 Å². The first-order valence-electron chi connectivity index (χ1n) is 11.9. The van der Waals surface area contributed by atoms with E-state index in [4.69, 9.17) is 15.2 Å². The molecule has 1 amide bonds. The van der Waals surface area contributed by atoms with Crippen LogP contribution in [0, 0.1) is 17.5 Å². The van der Waals surface area contributed by atoms with Crippen LogP contribution in [0.5, 0.6) is 5.75 Å². The highest BCUT2D eigenvalue weighted by Gasteiger charge is 2.19. The van der Waals surface area contributed by atoms with Gasteiger partial charge in [0.25, 0.3) is 0 Å². The Kier molecular flexibility index (Phi) is 9.51. The molecule has 0 spiro atoms. The van der Waals surface area contributed by atoms with Crippen LogP contribution in [0.1, 0.15) is 32.8 Å². The van der Waals surface area contributed by atoms with Gasteiger partial charge in [0.2, 0.25) is 5.95 Å². The van der Waals surface area contributed by atoms with Crippen molar-refractivity contribution in [3.8, 4) is 17.0 Å². The van der Waals surface area contributed by atoms with E-state index in [1.54, 1.807) is 39.0 Å². The summed E-state index contributed by atoms with van der Waals surface area (Å²) < 4.78 is 69.8. The highest BCUT2D eigenvalue weighted by Crippen LogP contribution is 2.28. The molecule has 1 aromatic heterocycles. The molecular weight excluding hydrogens is 535 g/mol.